The van der Waals surface area contributed by atoms with Crippen LogP contribution < -0.4 is 10.2 Å². The van der Waals surface area contributed by atoms with Crippen LogP contribution in [0, 0.1) is 0 Å². The van der Waals surface area contributed by atoms with Gasteiger partial charge < -0.3 is 20.1 Å². The van der Waals surface area contributed by atoms with Crippen LogP contribution in [0.15, 0.2) is 6.33 Å². The molecule has 2 N–H and O–H groups in total. The average molecular weight is 289 g/mol. The molecule has 1 amide bonds. The van der Waals surface area contributed by atoms with E-state index in [4.69, 9.17) is 0 Å². The van der Waals surface area contributed by atoms with Crippen LogP contribution in [0.3, 0.4) is 0 Å². The lowest BCUT2D eigenvalue weighted by atomic mass is 10.3. The number of carbonyl (C=O) groups excluding carboxylic acids is 1. The first kappa shape index (κ1) is 13.6. The van der Waals surface area contributed by atoms with Gasteiger partial charge in [0.1, 0.15) is 5.52 Å². The third-order valence-electron chi connectivity index (χ3n) is 3.73. The number of aromatic nitrogens is 4. The van der Waals surface area contributed by atoms with Crippen LogP contribution in [0.4, 0.5) is 11.8 Å². The normalized spacial score (nSPS) is 16.1. The van der Waals surface area contributed by atoms with Crippen LogP contribution in [0.2, 0.25) is 0 Å². The molecular formula is C13H19N7O. The molecule has 3 heterocycles. The molecule has 0 bridgehead atoms. The van der Waals surface area contributed by atoms with Crippen molar-refractivity contribution in [3.8, 4) is 0 Å². The van der Waals surface area contributed by atoms with Gasteiger partial charge in [0, 0.05) is 40.2 Å². The zero-order valence-electron chi connectivity index (χ0n) is 12.3. The van der Waals surface area contributed by atoms with Gasteiger partial charge in [0.05, 0.1) is 6.33 Å². The van der Waals surface area contributed by atoms with Crippen molar-refractivity contribution in [1.29, 1.82) is 0 Å². The lowest BCUT2D eigenvalue weighted by molar-refractivity contribution is -0.128. The Labute approximate surface area is 122 Å². The van der Waals surface area contributed by atoms with Crippen molar-refractivity contribution in [2.24, 2.45) is 0 Å². The third-order valence-corrected chi connectivity index (χ3v) is 3.73. The molecule has 112 valence electrons. The Bertz CT molecular complexity index is 653. The third kappa shape index (κ3) is 2.61. The summed E-state index contributed by atoms with van der Waals surface area (Å²) in [6.07, 6.45) is 2.55. The first-order valence-electron chi connectivity index (χ1n) is 7.08. The topological polar surface area (TPSA) is 90.0 Å². The van der Waals surface area contributed by atoms with Gasteiger partial charge in [-0.05, 0) is 6.42 Å². The predicted molar refractivity (Wildman–Crippen MR) is 80.3 cm³/mol. The van der Waals surface area contributed by atoms with E-state index in [0.717, 1.165) is 37.4 Å². The maximum Gasteiger partial charge on any atom is 0.226 e. The minimum Gasteiger partial charge on any atom is -0.357 e. The maximum atomic E-state index is 11.5. The summed E-state index contributed by atoms with van der Waals surface area (Å²) in [5, 5.41) is 2.96. The molecule has 3 rings (SSSR count). The monoisotopic (exact) mass is 289 g/mol. The number of rotatable bonds is 2. The van der Waals surface area contributed by atoms with Crippen molar-refractivity contribution in [2.75, 3.05) is 43.4 Å². The van der Waals surface area contributed by atoms with Crippen LogP contribution in [0.25, 0.3) is 11.2 Å². The zero-order valence-corrected chi connectivity index (χ0v) is 12.3. The minimum atomic E-state index is 0.127. The highest BCUT2D eigenvalue weighted by Gasteiger charge is 2.21. The van der Waals surface area contributed by atoms with Gasteiger partial charge in [-0.15, -0.1) is 0 Å². The van der Waals surface area contributed by atoms with E-state index in [1.165, 1.54) is 0 Å². The van der Waals surface area contributed by atoms with Gasteiger partial charge in [0.15, 0.2) is 11.5 Å². The number of aromatic amines is 1. The lowest BCUT2D eigenvalue weighted by Crippen LogP contribution is -2.34. The molecule has 2 aromatic rings. The molecule has 1 aliphatic rings. The number of hydrogen-bond donors (Lipinski definition) is 2. The van der Waals surface area contributed by atoms with E-state index < -0.39 is 0 Å². The molecule has 21 heavy (non-hydrogen) atoms. The average Bonchev–Trinajstić information content (AvgIpc) is 2.81. The van der Waals surface area contributed by atoms with Gasteiger partial charge in [0.2, 0.25) is 11.9 Å². The lowest BCUT2D eigenvalue weighted by Gasteiger charge is -2.22. The smallest absolute Gasteiger partial charge is 0.226 e. The summed E-state index contributed by atoms with van der Waals surface area (Å²) in [4.78, 5) is 31.8. The minimum absolute atomic E-state index is 0.127. The van der Waals surface area contributed by atoms with Crippen molar-refractivity contribution in [1.82, 2.24) is 24.8 Å². The number of nitrogens with one attached hydrogen (secondary N) is 2. The van der Waals surface area contributed by atoms with Crippen molar-refractivity contribution in [2.45, 2.75) is 13.3 Å². The number of amides is 1. The second kappa shape index (κ2) is 5.55. The number of fused-ring (bicyclic) bond motifs is 1. The van der Waals surface area contributed by atoms with Gasteiger partial charge in [-0.25, -0.2) is 4.98 Å². The summed E-state index contributed by atoms with van der Waals surface area (Å²) < 4.78 is 0. The Morgan fingerprint density at radius 2 is 2.14 bits per heavy atom. The van der Waals surface area contributed by atoms with E-state index in [0.29, 0.717) is 18.1 Å². The SMILES string of the molecule is CNc1nc(N2CCCN(C(C)=O)CC2)c2[nH]cnc2n1. The molecule has 2 aromatic heterocycles. The summed E-state index contributed by atoms with van der Waals surface area (Å²) in [6.45, 7) is 4.74. The molecule has 0 atom stereocenters. The Morgan fingerprint density at radius 1 is 1.29 bits per heavy atom. The quantitative estimate of drug-likeness (QED) is 0.834. The molecule has 0 saturated carbocycles. The van der Waals surface area contributed by atoms with Crippen LogP contribution >= 0.6 is 0 Å². The molecule has 0 unspecified atom stereocenters. The first-order valence-corrected chi connectivity index (χ1v) is 7.08. The second-order valence-electron chi connectivity index (χ2n) is 5.07. The molecule has 1 fully saturated rings. The Morgan fingerprint density at radius 3 is 2.90 bits per heavy atom. The maximum absolute atomic E-state index is 11.5. The summed E-state index contributed by atoms with van der Waals surface area (Å²) in [5.74, 6) is 1.52. The van der Waals surface area contributed by atoms with E-state index in [1.807, 2.05) is 4.90 Å². The van der Waals surface area contributed by atoms with Crippen LogP contribution in [-0.4, -0.2) is 64.0 Å². The fraction of sp³-hybridized carbons (Fsp3) is 0.538. The molecule has 1 saturated heterocycles. The zero-order chi connectivity index (χ0) is 14.8. The first-order chi connectivity index (χ1) is 10.2. The number of hydrogen-bond acceptors (Lipinski definition) is 6. The molecule has 0 aromatic carbocycles. The molecule has 8 heteroatoms. The molecule has 0 radical (unpaired) electrons. The summed E-state index contributed by atoms with van der Waals surface area (Å²) >= 11 is 0. The van der Waals surface area contributed by atoms with Gasteiger partial charge in [0.25, 0.3) is 0 Å². The van der Waals surface area contributed by atoms with Crippen molar-refractivity contribution in [3.05, 3.63) is 6.33 Å². The van der Waals surface area contributed by atoms with Crippen molar-refractivity contribution in [3.63, 3.8) is 0 Å². The predicted octanol–water partition coefficient (Wildman–Crippen LogP) is 0.453. The number of carbonyl (C=O) groups is 1. The molecule has 8 nitrogen and oxygen atoms in total. The fourth-order valence-corrected chi connectivity index (χ4v) is 2.60. The highest BCUT2D eigenvalue weighted by molar-refractivity contribution is 5.84. The van der Waals surface area contributed by atoms with E-state index in [9.17, 15) is 4.79 Å². The Balaban J connectivity index is 1.92. The Kier molecular flexibility index (Phi) is 3.59. The number of anilines is 2. The largest absolute Gasteiger partial charge is 0.357 e. The van der Waals surface area contributed by atoms with Gasteiger partial charge in [-0.1, -0.05) is 0 Å². The molecular weight excluding hydrogens is 270 g/mol. The van der Waals surface area contributed by atoms with Crippen LogP contribution in [0.1, 0.15) is 13.3 Å². The van der Waals surface area contributed by atoms with Gasteiger partial charge >= 0.3 is 0 Å². The standard InChI is InChI=1S/C13H19N7O/c1-9(21)19-4-3-5-20(7-6-19)12-10-11(16-8-15-10)17-13(14-2)18-12/h8H,3-7H2,1-2H3,(H2,14,15,16,17,18). The highest BCUT2D eigenvalue weighted by atomic mass is 16.2. The van der Waals surface area contributed by atoms with Gasteiger partial charge in [-0.3, -0.25) is 4.79 Å². The molecule has 0 aliphatic carbocycles. The van der Waals surface area contributed by atoms with E-state index in [2.05, 4.69) is 30.2 Å². The van der Waals surface area contributed by atoms with Crippen LogP contribution in [0.5, 0.6) is 0 Å². The van der Waals surface area contributed by atoms with Crippen LogP contribution in [-0.2, 0) is 4.79 Å². The summed E-state index contributed by atoms with van der Waals surface area (Å²) in [6, 6.07) is 0. The van der Waals surface area contributed by atoms with Crippen molar-refractivity contribution < 1.29 is 4.79 Å². The number of nitrogens with zero attached hydrogens (tertiary/aromatic N) is 5. The number of H-pyrrole nitrogens is 1. The molecule has 1 aliphatic heterocycles. The van der Waals surface area contributed by atoms with Gasteiger partial charge in [-0.2, -0.15) is 9.97 Å². The Hall–Kier alpha value is -2.38. The van der Waals surface area contributed by atoms with E-state index in [1.54, 1.807) is 20.3 Å². The van der Waals surface area contributed by atoms with E-state index >= 15 is 0 Å². The molecule has 0 spiro atoms. The fourth-order valence-electron chi connectivity index (χ4n) is 2.60. The van der Waals surface area contributed by atoms with Crippen molar-refractivity contribution >= 4 is 28.8 Å². The second-order valence-corrected chi connectivity index (χ2v) is 5.07. The van der Waals surface area contributed by atoms with E-state index in [-0.39, 0.29) is 5.91 Å². The highest BCUT2D eigenvalue weighted by Crippen LogP contribution is 2.23. The number of imidazole rings is 1. The summed E-state index contributed by atoms with van der Waals surface area (Å²) in [5.41, 5.74) is 1.49. The summed E-state index contributed by atoms with van der Waals surface area (Å²) in [7, 11) is 1.79.